The summed E-state index contributed by atoms with van der Waals surface area (Å²) in [5.74, 6) is 0.687. The highest BCUT2D eigenvalue weighted by molar-refractivity contribution is 7.98. The van der Waals surface area contributed by atoms with Crippen LogP contribution in [0, 0.1) is 11.6 Å². The van der Waals surface area contributed by atoms with Crippen LogP contribution in [0.5, 0.6) is 0 Å². The minimum absolute atomic E-state index is 0.0766. The lowest BCUT2D eigenvalue weighted by molar-refractivity contribution is 0.280. The van der Waals surface area contributed by atoms with Crippen molar-refractivity contribution in [2.24, 2.45) is 0 Å². The van der Waals surface area contributed by atoms with Crippen LogP contribution in [0.15, 0.2) is 59.5 Å². The van der Waals surface area contributed by atoms with Crippen molar-refractivity contribution < 1.29 is 13.9 Å². The normalized spacial score (nSPS) is 11.5. The molecule has 0 aliphatic heterocycles. The van der Waals surface area contributed by atoms with Gasteiger partial charge in [0.15, 0.2) is 0 Å². The summed E-state index contributed by atoms with van der Waals surface area (Å²) in [6.45, 7) is 8.50. The van der Waals surface area contributed by atoms with Gasteiger partial charge < -0.3 is 5.11 Å². The molecular weight excluding hydrogens is 398 g/mol. The molecule has 0 heterocycles. The number of rotatable bonds is 7. The molecule has 0 saturated heterocycles. The molecule has 3 aromatic rings. The fourth-order valence-electron chi connectivity index (χ4n) is 3.82. The van der Waals surface area contributed by atoms with Crippen LogP contribution >= 0.6 is 11.8 Å². The van der Waals surface area contributed by atoms with E-state index in [1.54, 1.807) is 36.0 Å². The highest BCUT2D eigenvalue weighted by atomic mass is 32.2. The van der Waals surface area contributed by atoms with Crippen LogP contribution in [0.4, 0.5) is 8.78 Å². The molecule has 0 aliphatic carbocycles. The molecule has 3 rings (SSSR count). The summed E-state index contributed by atoms with van der Waals surface area (Å²) in [4.78, 5) is 0.981. The van der Waals surface area contributed by atoms with Crippen LogP contribution in [0.2, 0.25) is 0 Å². The summed E-state index contributed by atoms with van der Waals surface area (Å²) >= 11 is 1.64. The molecule has 1 nitrogen and oxygen atoms in total. The molecule has 0 radical (unpaired) electrons. The van der Waals surface area contributed by atoms with E-state index >= 15 is 0 Å². The van der Waals surface area contributed by atoms with Crippen molar-refractivity contribution in [2.45, 2.75) is 56.8 Å². The fourth-order valence-corrected chi connectivity index (χ4v) is 4.77. The monoisotopic (exact) mass is 426 g/mol. The van der Waals surface area contributed by atoms with Gasteiger partial charge in [-0.15, -0.1) is 11.8 Å². The van der Waals surface area contributed by atoms with Crippen LogP contribution in [-0.4, -0.2) is 5.11 Å². The van der Waals surface area contributed by atoms with Crippen molar-refractivity contribution in [3.05, 3.63) is 88.5 Å². The van der Waals surface area contributed by atoms with Gasteiger partial charge in [-0.1, -0.05) is 45.9 Å². The van der Waals surface area contributed by atoms with Crippen LogP contribution in [0.1, 0.15) is 61.8 Å². The van der Waals surface area contributed by atoms with Crippen LogP contribution in [-0.2, 0) is 12.4 Å². The average molecular weight is 427 g/mol. The number of aliphatic hydroxyl groups excluding tert-OH is 1. The molecule has 0 atom stereocenters. The largest absolute Gasteiger partial charge is 0.392 e. The zero-order valence-electron chi connectivity index (χ0n) is 17.9. The fraction of sp³-hybridized carbons (Fsp3) is 0.308. The van der Waals surface area contributed by atoms with Crippen LogP contribution in [0.25, 0.3) is 11.1 Å². The Balaban J connectivity index is 2.20. The summed E-state index contributed by atoms with van der Waals surface area (Å²) in [6.07, 6.45) is 0. The van der Waals surface area contributed by atoms with E-state index in [0.29, 0.717) is 11.7 Å². The standard InChI is InChI=1S/C26H28F2OS/c1-16(2)22-13-23(17(3)4)25(15-30-21-11-9-20(28)10-12-21)26(24(22)14-29)18-5-7-19(27)8-6-18/h5-13,16-17,29H,14-15H2,1-4H3. The molecule has 0 aromatic heterocycles. The maximum atomic E-state index is 13.6. The second kappa shape index (κ2) is 9.76. The van der Waals surface area contributed by atoms with Crippen LogP contribution in [0.3, 0.4) is 0 Å². The molecule has 4 heteroatoms. The Labute approximate surface area is 182 Å². The predicted molar refractivity (Wildman–Crippen MR) is 122 cm³/mol. The van der Waals surface area contributed by atoms with E-state index < -0.39 is 0 Å². The zero-order valence-corrected chi connectivity index (χ0v) is 18.7. The highest BCUT2D eigenvalue weighted by Gasteiger charge is 2.22. The number of aliphatic hydroxyl groups is 1. The topological polar surface area (TPSA) is 20.2 Å². The Hall–Kier alpha value is -2.17. The number of hydrogen-bond donors (Lipinski definition) is 1. The molecule has 30 heavy (non-hydrogen) atoms. The minimum Gasteiger partial charge on any atom is -0.392 e. The van der Waals surface area contributed by atoms with Gasteiger partial charge >= 0.3 is 0 Å². The second-order valence-corrected chi connectivity index (χ2v) is 9.15. The Bertz CT molecular complexity index is 993. The summed E-state index contributed by atoms with van der Waals surface area (Å²) in [6, 6.07) is 15.2. The van der Waals surface area contributed by atoms with Crippen molar-refractivity contribution in [1.82, 2.24) is 0 Å². The minimum atomic E-state index is -0.282. The lowest BCUT2D eigenvalue weighted by atomic mass is 9.82. The SMILES string of the molecule is CC(C)c1cc(C(C)C)c(CSc2ccc(F)cc2)c(-c2ccc(F)cc2)c1CO. The quantitative estimate of drug-likeness (QED) is 0.391. The Morgan fingerprint density at radius 1 is 0.767 bits per heavy atom. The van der Waals surface area contributed by atoms with E-state index in [0.717, 1.165) is 32.7 Å². The summed E-state index contributed by atoms with van der Waals surface area (Å²) in [5.41, 5.74) is 6.28. The third-order valence-corrected chi connectivity index (χ3v) is 6.38. The van der Waals surface area contributed by atoms with Gasteiger partial charge in [-0.3, -0.25) is 0 Å². The first-order chi connectivity index (χ1) is 14.3. The third-order valence-electron chi connectivity index (χ3n) is 5.34. The van der Waals surface area contributed by atoms with E-state index in [9.17, 15) is 13.9 Å². The van der Waals surface area contributed by atoms with Gasteiger partial charge in [0.2, 0.25) is 0 Å². The Kier molecular flexibility index (Phi) is 7.32. The number of hydrogen-bond acceptors (Lipinski definition) is 2. The van der Waals surface area contributed by atoms with Crippen molar-refractivity contribution in [1.29, 1.82) is 0 Å². The van der Waals surface area contributed by atoms with E-state index in [4.69, 9.17) is 0 Å². The number of halogens is 2. The van der Waals surface area contributed by atoms with E-state index in [2.05, 4.69) is 33.8 Å². The molecule has 0 aliphatic rings. The molecule has 0 amide bonds. The predicted octanol–water partition coefficient (Wildman–Crippen LogP) is 7.66. The van der Waals surface area contributed by atoms with Gasteiger partial charge in [0, 0.05) is 10.6 Å². The van der Waals surface area contributed by atoms with Gasteiger partial charge in [-0.2, -0.15) is 0 Å². The maximum absolute atomic E-state index is 13.6. The lowest BCUT2D eigenvalue weighted by Crippen LogP contribution is -2.08. The van der Waals surface area contributed by atoms with Crippen molar-refractivity contribution in [3.8, 4) is 11.1 Å². The van der Waals surface area contributed by atoms with Gasteiger partial charge in [0.25, 0.3) is 0 Å². The first-order valence-corrected chi connectivity index (χ1v) is 11.2. The van der Waals surface area contributed by atoms with Gasteiger partial charge in [0.05, 0.1) is 6.61 Å². The molecule has 0 unspecified atom stereocenters. The molecule has 0 spiro atoms. The number of thioether (sulfide) groups is 1. The molecule has 158 valence electrons. The highest BCUT2D eigenvalue weighted by Crippen LogP contribution is 2.41. The first-order valence-electron chi connectivity index (χ1n) is 10.3. The lowest BCUT2D eigenvalue weighted by Gasteiger charge is -2.25. The van der Waals surface area contributed by atoms with Crippen molar-refractivity contribution >= 4 is 11.8 Å². The summed E-state index contributed by atoms with van der Waals surface area (Å²) < 4.78 is 26.9. The zero-order chi connectivity index (χ0) is 21.8. The van der Waals surface area contributed by atoms with Crippen LogP contribution < -0.4 is 0 Å². The molecule has 0 saturated carbocycles. The molecule has 1 N–H and O–H groups in total. The average Bonchev–Trinajstić information content (AvgIpc) is 2.72. The molecular formula is C26H28F2OS. The van der Waals surface area contributed by atoms with Crippen molar-refractivity contribution in [2.75, 3.05) is 0 Å². The summed E-state index contributed by atoms with van der Waals surface area (Å²) in [5, 5.41) is 10.3. The molecule has 3 aromatic carbocycles. The Morgan fingerprint density at radius 3 is 1.77 bits per heavy atom. The van der Waals surface area contributed by atoms with E-state index in [1.165, 1.54) is 29.8 Å². The molecule has 0 fully saturated rings. The van der Waals surface area contributed by atoms with Gasteiger partial charge in [-0.25, -0.2) is 8.78 Å². The molecule has 0 bridgehead atoms. The van der Waals surface area contributed by atoms with Gasteiger partial charge in [0.1, 0.15) is 11.6 Å². The number of benzene rings is 3. The first kappa shape index (κ1) is 22.5. The van der Waals surface area contributed by atoms with Crippen molar-refractivity contribution in [3.63, 3.8) is 0 Å². The second-order valence-electron chi connectivity index (χ2n) is 8.10. The van der Waals surface area contributed by atoms with E-state index in [1.807, 2.05) is 0 Å². The smallest absolute Gasteiger partial charge is 0.123 e. The van der Waals surface area contributed by atoms with E-state index in [-0.39, 0.29) is 24.2 Å². The maximum Gasteiger partial charge on any atom is 0.123 e. The third kappa shape index (κ3) is 4.93. The van der Waals surface area contributed by atoms with Gasteiger partial charge in [-0.05, 0) is 81.6 Å². The summed E-state index contributed by atoms with van der Waals surface area (Å²) in [7, 11) is 0. The Morgan fingerprint density at radius 2 is 1.27 bits per heavy atom.